The second kappa shape index (κ2) is 8.12. The van der Waals surface area contributed by atoms with E-state index in [1.54, 1.807) is 36.5 Å². The second-order valence-electron chi connectivity index (χ2n) is 5.36. The van der Waals surface area contributed by atoms with Crippen LogP contribution >= 0.6 is 69.6 Å². The highest BCUT2D eigenvalue weighted by atomic mass is 35.5. The molecule has 0 aliphatic rings. The Hall–Kier alpha value is -0.710. The Kier molecular flexibility index (Phi) is 6.25. The normalized spacial score (nSPS) is 11.0. The van der Waals surface area contributed by atoms with Gasteiger partial charge in [0, 0.05) is 17.3 Å². The van der Waals surface area contributed by atoms with E-state index in [9.17, 15) is 5.11 Å². The largest absolute Gasteiger partial charge is 0.392 e. The molecule has 0 atom stereocenters. The summed E-state index contributed by atoms with van der Waals surface area (Å²) in [4.78, 5) is 4.44. The lowest BCUT2D eigenvalue weighted by Crippen LogP contribution is -1.97. The zero-order valence-corrected chi connectivity index (χ0v) is 17.4. The molecule has 0 amide bonds. The van der Waals surface area contributed by atoms with E-state index in [4.69, 9.17) is 69.6 Å². The summed E-state index contributed by atoms with van der Waals surface area (Å²) in [6, 6.07) is 8.33. The molecule has 134 valence electrons. The van der Waals surface area contributed by atoms with Gasteiger partial charge in [-0.3, -0.25) is 4.98 Å². The molecule has 0 unspecified atom stereocenters. The van der Waals surface area contributed by atoms with Crippen LogP contribution in [0.15, 0.2) is 36.5 Å². The van der Waals surface area contributed by atoms with Crippen LogP contribution in [0.2, 0.25) is 30.1 Å². The van der Waals surface area contributed by atoms with Crippen LogP contribution in [0.25, 0.3) is 22.4 Å². The number of halogens is 6. The third-order valence-electron chi connectivity index (χ3n) is 3.74. The fourth-order valence-electron chi connectivity index (χ4n) is 2.57. The number of aromatic nitrogens is 1. The Morgan fingerprint density at radius 1 is 0.731 bits per heavy atom. The van der Waals surface area contributed by atoms with Crippen LogP contribution in [0.3, 0.4) is 0 Å². The van der Waals surface area contributed by atoms with Crippen molar-refractivity contribution in [3.05, 3.63) is 72.2 Å². The topological polar surface area (TPSA) is 33.1 Å². The highest BCUT2D eigenvalue weighted by Crippen LogP contribution is 2.42. The molecular formula is C18H9Cl6NO. The first-order valence-electron chi connectivity index (χ1n) is 7.22. The Morgan fingerprint density at radius 3 is 1.65 bits per heavy atom. The Bertz CT molecular complexity index is 959. The number of aliphatic hydroxyl groups excluding tert-OH is 1. The van der Waals surface area contributed by atoms with E-state index < -0.39 is 0 Å². The van der Waals surface area contributed by atoms with E-state index in [-0.39, 0.29) is 16.7 Å². The van der Waals surface area contributed by atoms with Crippen LogP contribution in [0, 0.1) is 0 Å². The lowest BCUT2D eigenvalue weighted by atomic mass is 9.95. The summed E-state index contributed by atoms with van der Waals surface area (Å²) in [5, 5.41) is 11.5. The standard InChI is InChI=1S/C18H9Cl6NO/c19-11-3-9(4-12(20)16(11)23)15-8(7-26)1-2-25-18(15)10-5-13(21)17(24)14(22)6-10/h1-6,26H,7H2. The summed E-state index contributed by atoms with van der Waals surface area (Å²) < 4.78 is 0. The molecule has 3 aromatic rings. The van der Waals surface area contributed by atoms with Crippen molar-refractivity contribution in [1.29, 1.82) is 0 Å². The number of hydrogen-bond acceptors (Lipinski definition) is 2. The van der Waals surface area contributed by atoms with Crippen LogP contribution in [0.4, 0.5) is 0 Å². The molecule has 26 heavy (non-hydrogen) atoms. The average molecular weight is 468 g/mol. The van der Waals surface area contributed by atoms with Crippen molar-refractivity contribution in [3.63, 3.8) is 0 Å². The number of nitrogens with zero attached hydrogens (tertiary/aromatic N) is 1. The van der Waals surface area contributed by atoms with Gasteiger partial charge in [0.25, 0.3) is 0 Å². The average Bonchev–Trinajstić information content (AvgIpc) is 2.62. The summed E-state index contributed by atoms with van der Waals surface area (Å²) in [5.41, 5.74) is 3.11. The van der Waals surface area contributed by atoms with E-state index in [2.05, 4.69) is 4.98 Å². The molecule has 0 radical (unpaired) electrons. The molecule has 1 N–H and O–H groups in total. The lowest BCUT2D eigenvalue weighted by Gasteiger charge is -2.15. The molecule has 0 fully saturated rings. The van der Waals surface area contributed by atoms with Gasteiger partial charge in [-0.1, -0.05) is 69.6 Å². The van der Waals surface area contributed by atoms with Crippen LogP contribution in [0.1, 0.15) is 5.56 Å². The fraction of sp³-hybridized carbons (Fsp3) is 0.0556. The van der Waals surface area contributed by atoms with Crippen molar-refractivity contribution in [3.8, 4) is 22.4 Å². The van der Waals surface area contributed by atoms with E-state index in [1.807, 2.05) is 0 Å². The minimum atomic E-state index is -0.211. The van der Waals surface area contributed by atoms with Gasteiger partial charge in [-0.25, -0.2) is 0 Å². The fourth-order valence-corrected chi connectivity index (χ4v) is 3.76. The lowest BCUT2D eigenvalue weighted by molar-refractivity contribution is 0.282. The van der Waals surface area contributed by atoms with Crippen molar-refractivity contribution in [2.75, 3.05) is 0 Å². The van der Waals surface area contributed by atoms with Gasteiger partial charge in [0.2, 0.25) is 0 Å². The summed E-state index contributed by atoms with van der Waals surface area (Å²) in [7, 11) is 0. The molecule has 0 saturated heterocycles. The van der Waals surface area contributed by atoms with E-state index in [0.29, 0.717) is 48.0 Å². The maximum Gasteiger partial charge on any atom is 0.0785 e. The van der Waals surface area contributed by atoms with Crippen LogP contribution in [-0.4, -0.2) is 10.1 Å². The van der Waals surface area contributed by atoms with Gasteiger partial charge in [0.05, 0.1) is 42.4 Å². The summed E-state index contributed by atoms with van der Waals surface area (Å²) >= 11 is 36.8. The number of pyridine rings is 1. The maximum absolute atomic E-state index is 9.80. The van der Waals surface area contributed by atoms with Gasteiger partial charge >= 0.3 is 0 Å². The number of rotatable bonds is 3. The molecule has 1 heterocycles. The van der Waals surface area contributed by atoms with Gasteiger partial charge < -0.3 is 5.11 Å². The zero-order chi connectivity index (χ0) is 19.0. The molecule has 0 aliphatic heterocycles. The smallest absolute Gasteiger partial charge is 0.0785 e. The van der Waals surface area contributed by atoms with Gasteiger partial charge in [-0.2, -0.15) is 0 Å². The van der Waals surface area contributed by atoms with Gasteiger partial charge in [-0.05, 0) is 41.5 Å². The van der Waals surface area contributed by atoms with Crippen molar-refractivity contribution >= 4 is 69.6 Å². The molecule has 1 aromatic heterocycles. The number of hydrogen-bond donors (Lipinski definition) is 1. The quantitative estimate of drug-likeness (QED) is 0.398. The Labute approximate surface area is 180 Å². The van der Waals surface area contributed by atoms with Crippen LogP contribution in [0.5, 0.6) is 0 Å². The van der Waals surface area contributed by atoms with Crippen molar-refractivity contribution in [2.45, 2.75) is 6.61 Å². The molecule has 8 heteroatoms. The molecule has 0 aliphatic carbocycles. The van der Waals surface area contributed by atoms with Crippen molar-refractivity contribution in [2.24, 2.45) is 0 Å². The van der Waals surface area contributed by atoms with Crippen molar-refractivity contribution < 1.29 is 5.11 Å². The maximum atomic E-state index is 9.80. The predicted molar refractivity (Wildman–Crippen MR) is 111 cm³/mol. The summed E-state index contributed by atoms with van der Waals surface area (Å²) in [6.07, 6.45) is 1.58. The predicted octanol–water partition coefficient (Wildman–Crippen LogP) is 7.83. The first kappa shape index (κ1) is 20.0. The van der Waals surface area contributed by atoms with E-state index in [0.717, 1.165) is 0 Å². The van der Waals surface area contributed by atoms with Crippen LogP contribution in [-0.2, 0) is 6.61 Å². The number of aliphatic hydroxyl groups is 1. The first-order chi connectivity index (χ1) is 12.3. The molecule has 2 aromatic carbocycles. The molecule has 0 spiro atoms. The van der Waals surface area contributed by atoms with Crippen LogP contribution < -0.4 is 0 Å². The highest BCUT2D eigenvalue weighted by Gasteiger charge is 2.18. The third kappa shape index (κ3) is 3.79. The minimum absolute atomic E-state index is 0.211. The number of benzene rings is 2. The SMILES string of the molecule is OCc1ccnc(-c2cc(Cl)c(Cl)c(Cl)c2)c1-c1cc(Cl)c(Cl)c(Cl)c1. The Morgan fingerprint density at radius 2 is 1.19 bits per heavy atom. The van der Waals surface area contributed by atoms with Gasteiger partial charge in [0.15, 0.2) is 0 Å². The second-order valence-corrected chi connectivity index (χ2v) is 7.74. The molecule has 3 rings (SSSR count). The van der Waals surface area contributed by atoms with Gasteiger partial charge in [-0.15, -0.1) is 0 Å². The molecule has 0 saturated carbocycles. The third-order valence-corrected chi connectivity index (χ3v) is 6.13. The molecule has 0 bridgehead atoms. The van der Waals surface area contributed by atoms with Crippen molar-refractivity contribution in [1.82, 2.24) is 4.98 Å². The highest BCUT2D eigenvalue weighted by molar-refractivity contribution is 6.49. The first-order valence-corrected chi connectivity index (χ1v) is 9.48. The zero-order valence-electron chi connectivity index (χ0n) is 12.8. The van der Waals surface area contributed by atoms with E-state index >= 15 is 0 Å². The van der Waals surface area contributed by atoms with E-state index in [1.165, 1.54) is 0 Å². The molecular weight excluding hydrogens is 459 g/mol. The minimum Gasteiger partial charge on any atom is -0.392 e. The summed E-state index contributed by atoms with van der Waals surface area (Å²) in [6.45, 7) is -0.211. The summed E-state index contributed by atoms with van der Waals surface area (Å²) in [5.74, 6) is 0. The monoisotopic (exact) mass is 465 g/mol. The Balaban J connectivity index is 2.33. The van der Waals surface area contributed by atoms with Gasteiger partial charge in [0.1, 0.15) is 0 Å². The molecule has 2 nitrogen and oxygen atoms in total.